The highest BCUT2D eigenvalue weighted by Crippen LogP contribution is 2.29. The Balaban J connectivity index is 1.35. The number of aromatic nitrogens is 1. The molecule has 3 aliphatic rings. The van der Waals surface area contributed by atoms with Crippen LogP contribution in [0.1, 0.15) is 19.3 Å². The van der Waals surface area contributed by atoms with E-state index in [1.807, 2.05) is 17.0 Å². The molecule has 1 aromatic heterocycles. The Hall–Kier alpha value is -1.37. The lowest BCUT2D eigenvalue weighted by Gasteiger charge is -2.42. The van der Waals surface area contributed by atoms with Gasteiger partial charge < -0.3 is 14.5 Å². The summed E-state index contributed by atoms with van der Waals surface area (Å²) in [5.41, 5.74) is 0. The molecule has 1 unspecified atom stereocenters. The first-order valence-electron chi connectivity index (χ1n) is 9.68. The summed E-state index contributed by atoms with van der Waals surface area (Å²) in [6.07, 6.45) is 5.71. The van der Waals surface area contributed by atoms with E-state index in [0.29, 0.717) is 24.7 Å². The Kier molecular flexibility index (Phi) is 5.62. The molecule has 142 valence electrons. The average molecular weight is 379 g/mol. The molecule has 1 atom stereocenters. The average Bonchev–Trinajstić information content (AvgIpc) is 2.65. The summed E-state index contributed by atoms with van der Waals surface area (Å²) in [6, 6.07) is 3.58. The van der Waals surface area contributed by atoms with Gasteiger partial charge in [-0.3, -0.25) is 9.69 Å². The largest absolute Gasteiger partial charge is 0.378 e. The molecule has 2 saturated heterocycles. The fourth-order valence-corrected chi connectivity index (χ4v) is 4.29. The zero-order chi connectivity index (χ0) is 17.9. The van der Waals surface area contributed by atoms with E-state index in [1.165, 1.54) is 19.3 Å². The molecule has 7 heteroatoms. The molecule has 2 aliphatic heterocycles. The van der Waals surface area contributed by atoms with Gasteiger partial charge in [0.2, 0.25) is 5.91 Å². The Bertz CT molecular complexity index is 632. The summed E-state index contributed by atoms with van der Waals surface area (Å²) < 4.78 is 5.64. The number of morpholine rings is 1. The first-order valence-corrected chi connectivity index (χ1v) is 10.1. The number of ether oxygens (including phenoxy) is 1. The van der Waals surface area contributed by atoms with E-state index in [9.17, 15) is 4.79 Å². The Morgan fingerprint density at radius 1 is 1.23 bits per heavy atom. The lowest BCUT2D eigenvalue weighted by atomic mass is 9.84. The van der Waals surface area contributed by atoms with Crippen molar-refractivity contribution in [3.8, 4) is 0 Å². The van der Waals surface area contributed by atoms with E-state index in [4.69, 9.17) is 16.3 Å². The number of piperazine rings is 1. The molecule has 26 heavy (non-hydrogen) atoms. The number of pyridine rings is 1. The molecule has 1 aliphatic carbocycles. The molecule has 0 aromatic carbocycles. The number of nitrogens with zero attached hydrogens (tertiary/aromatic N) is 4. The van der Waals surface area contributed by atoms with Gasteiger partial charge in [0.1, 0.15) is 11.9 Å². The van der Waals surface area contributed by atoms with Crippen molar-refractivity contribution in [2.45, 2.75) is 25.3 Å². The van der Waals surface area contributed by atoms with Gasteiger partial charge in [-0.1, -0.05) is 18.0 Å². The second-order valence-corrected chi connectivity index (χ2v) is 7.91. The van der Waals surface area contributed by atoms with Crippen LogP contribution in [-0.2, 0) is 9.53 Å². The van der Waals surface area contributed by atoms with Crippen LogP contribution in [0.2, 0.25) is 5.02 Å². The SMILES string of the molecule is O=C(C1COCCN1CC1CCC1)N1CCN(c2ncccc2Cl)CC1. The van der Waals surface area contributed by atoms with Gasteiger partial charge in [-0.2, -0.15) is 0 Å². The monoisotopic (exact) mass is 378 g/mol. The third-order valence-electron chi connectivity index (χ3n) is 5.87. The molecule has 3 fully saturated rings. The highest BCUT2D eigenvalue weighted by molar-refractivity contribution is 6.32. The van der Waals surface area contributed by atoms with Gasteiger partial charge in [-0.15, -0.1) is 0 Å². The van der Waals surface area contributed by atoms with Crippen LogP contribution in [0.4, 0.5) is 5.82 Å². The number of hydrogen-bond acceptors (Lipinski definition) is 5. The van der Waals surface area contributed by atoms with Gasteiger partial charge in [0.15, 0.2) is 0 Å². The Morgan fingerprint density at radius 2 is 2.04 bits per heavy atom. The molecule has 3 heterocycles. The molecule has 1 amide bonds. The smallest absolute Gasteiger partial charge is 0.242 e. The summed E-state index contributed by atoms with van der Waals surface area (Å²) >= 11 is 6.26. The third kappa shape index (κ3) is 3.82. The Labute approximate surface area is 160 Å². The minimum Gasteiger partial charge on any atom is -0.378 e. The van der Waals surface area contributed by atoms with Crippen molar-refractivity contribution in [1.82, 2.24) is 14.8 Å². The van der Waals surface area contributed by atoms with Crippen molar-refractivity contribution in [1.29, 1.82) is 0 Å². The fraction of sp³-hybridized carbons (Fsp3) is 0.684. The van der Waals surface area contributed by atoms with Crippen LogP contribution in [0.15, 0.2) is 18.3 Å². The highest BCUT2D eigenvalue weighted by atomic mass is 35.5. The maximum absolute atomic E-state index is 13.1. The van der Waals surface area contributed by atoms with Crippen LogP contribution in [0.3, 0.4) is 0 Å². The van der Waals surface area contributed by atoms with E-state index in [1.54, 1.807) is 6.20 Å². The lowest BCUT2D eigenvalue weighted by molar-refractivity contribution is -0.144. The molecule has 0 N–H and O–H groups in total. The minimum absolute atomic E-state index is 0.116. The van der Waals surface area contributed by atoms with E-state index in [-0.39, 0.29) is 11.9 Å². The summed E-state index contributed by atoms with van der Waals surface area (Å²) in [4.78, 5) is 24.0. The summed E-state index contributed by atoms with van der Waals surface area (Å²) in [5.74, 6) is 1.80. The standard InChI is InChI=1S/C19H27ClN4O2/c20-16-5-2-6-21-18(16)22-7-9-23(10-8-22)19(25)17-14-26-12-11-24(17)13-15-3-1-4-15/h2,5-6,15,17H,1,3-4,7-14H2. The molecule has 0 bridgehead atoms. The summed E-state index contributed by atoms with van der Waals surface area (Å²) in [5, 5.41) is 0.666. The molecule has 1 saturated carbocycles. The minimum atomic E-state index is -0.116. The van der Waals surface area contributed by atoms with Crippen LogP contribution < -0.4 is 4.90 Å². The zero-order valence-corrected chi connectivity index (χ0v) is 15.9. The Morgan fingerprint density at radius 3 is 2.73 bits per heavy atom. The number of carbonyl (C=O) groups is 1. The predicted octanol–water partition coefficient (Wildman–Crippen LogP) is 1.88. The number of carbonyl (C=O) groups excluding carboxylic acids is 1. The van der Waals surface area contributed by atoms with Gasteiger partial charge in [-0.25, -0.2) is 4.98 Å². The van der Waals surface area contributed by atoms with Gasteiger partial charge in [0.25, 0.3) is 0 Å². The van der Waals surface area contributed by atoms with Crippen molar-refractivity contribution < 1.29 is 9.53 Å². The number of amides is 1. The van der Waals surface area contributed by atoms with Crippen LogP contribution in [0.5, 0.6) is 0 Å². The van der Waals surface area contributed by atoms with Gasteiger partial charge in [0, 0.05) is 45.5 Å². The number of rotatable bonds is 4. The number of hydrogen-bond donors (Lipinski definition) is 0. The molecule has 1 aromatic rings. The van der Waals surface area contributed by atoms with E-state index < -0.39 is 0 Å². The molecule has 6 nitrogen and oxygen atoms in total. The molecule has 4 rings (SSSR count). The maximum atomic E-state index is 13.1. The molecule has 0 spiro atoms. The second-order valence-electron chi connectivity index (χ2n) is 7.50. The van der Waals surface area contributed by atoms with Gasteiger partial charge in [0.05, 0.1) is 18.2 Å². The van der Waals surface area contributed by atoms with E-state index in [2.05, 4.69) is 14.8 Å². The van der Waals surface area contributed by atoms with E-state index >= 15 is 0 Å². The first-order chi connectivity index (χ1) is 12.7. The van der Waals surface area contributed by atoms with Crippen LogP contribution in [-0.4, -0.2) is 79.2 Å². The normalized spacial score (nSPS) is 25.2. The van der Waals surface area contributed by atoms with Crippen LogP contribution in [0.25, 0.3) is 0 Å². The van der Waals surface area contributed by atoms with Crippen LogP contribution in [0, 0.1) is 5.92 Å². The van der Waals surface area contributed by atoms with Gasteiger partial charge in [-0.05, 0) is 30.9 Å². The number of anilines is 1. The quantitative estimate of drug-likeness (QED) is 0.800. The second kappa shape index (κ2) is 8.11. The van der Waals surface area contributed by atoms with Crippen molar-refractivity contribution in [2.24, 2.45) is 5.92 Å². The number of halogens is 1. The third-order valence-corrected chi connectivity index (χ3v) is 6.17. The lowest BCUT2D eigenvalue weighted by Crippen LogP contribution is -2.59. The van der Waals surface area contributed by atoms with Crippen molar-refractivity contribution in [2.75, 3.05) is 57.4 Å². The maximum Gasteiger partial charge on any atom is 0.242 e. The summed E-state index contributed by atoms with van der Waals surface area (Å²) in [7, 11) is 0. The summed E-state index contributed by atoms with van der Waals surface area (Å²) in [6.45, 7) is 6.12. The van der Waals surface area contributed by atoms with Gasteiger partial charge >= 0.3 is 0 Å². The molecule has 0 radical (unpaired) electrons. The van der Waals surface area contributed by atoms with Crippen molar-refractivity contribution in [3.63, 3.8) is 0 Å². The van der Waals surface area contributed by atoms with E-state index in [0.717, 1.165) is 44.5 Å². The zero-order valence-electron chi connectivity index (χ0n) is 15.1. The molecular weight excluding hydrogens is 352 g/mol. The molecular formula is C19H27ClN4O2. The fourth-order valence-electron chi connectivity index (χ4n) is 4.05. The predicted molar refractivity (Wildman–Crippen MR) is 102 cm³/mol. The highest BCUT2D eigenvalue weighted by Gasteiger charge is 2.36. The van der Waals surface area contributed by atoms with Crippen molar-refractivity contribution in [3.05, 3.63) is 23.4 Å². The van der Waals surface area contributed by atoms with Crippen molar-refractivity contribution >= 4 is 23.3 Å². The first kappa shape index (κ1) is 18.0. The topological polar surface area (TPSA) is 48.9 Å². The van der Waals surface area contributed by atoms with Crippen LogP contribution >= 0.6 is 11.6 Å².